The van der Waals surface area contributed by atoms with Crippen LogP contribution in [0.15, 0.2) is 24.5 Å². The quantitative estimate of drug-likeness (QED) is 0.680. The van der Waals surface area contributed by atoms with Crippen LogP contribution in [0, 0.1) is 0 Å². The molecule has 0 fully saturated rings. The molecular formula is C12H8Cl3N3O2. The number of rotatable bonds is 3. The van der Waals surface area contributed by atoms with Gasteiger partial charge >= 0.3 is 5.97 Å². The van der Waals surface area contributed by atoms with Crippen LogP contribution in [0.5, 0.6) is 0 Å². The molecule has 20 heavy (non-hydrogen) atoms. The van der Waals surface area contributed by atoms with Gasteiger partial charge in [-0.1, -0.05) is 34.8 Å². The fraction of sp³-hybridized carbons (Fsp3) is 0.0833. The van der Waals surface area contributed by atoms with Crippen LogP contribution in [0.2, 0.25) is 15.1 Å². The van der Waals surface area contributed by atoms with Crippen molar-refractivity contribution in [1.82, 2.24) is 9.97 Å². The van der Waals surface area contributed by atoms with E-state index in [1.165, 1.54) is 25.6 Å². The smallest absolute Gasteiger partial charge is 0.358 e. The molecule has 0 saturated carbocycles. The summed E-state index contributed by atoms with van der Waals surface area (Å²) in [5, 5.41) is 3.96. The van der Waals surface area contributed by atoms with E-state index < -0.39 is 5.97 Å². The molecule has 0 aliphatic carbocycles. The highest BCUT2D eigenvalue weighted by Crippen LogP contribution is 2.33. The van der Waals surface area contributed by atoms with E-state index in [2.05, 4.69) is 20.0 Å². The van der Waals surface area contributed by atoms with Gasteiger partial charge in [-0.15, -0.1) is 0 Å². The second-order valence-corrected chi connectivity index (χ2v) is 4.87. The lowest BCUT2D eigenvalue weighted by Gasteiger charge is -2.09. The second-order valence-electron chi connectivity index (χ2n) is 3.65. The van der Waals surface area contributed by atoms with Crippen molar-refractivity contribution in [3.8, 4) is 0 Å². The number of hydrogen-bond donors (Lipinski definition) is 1. The predicted molar refractivity (Wildman–Crippen MR) is 78.1 cm³/mol. The molecule has 104 valence electrons. The zero-order chi connectivity index (χ0) is 14.7. The van der Waals surface area contributed by atoms with Crippen molar-refractivity contribution in [2.24, 2.45) is 0 Å². The van der Waals surface area contributed by atoms with E-state index in [4.69, 9.17) is 34.8 Å². The molecule has 1 aromatic heterocycles. The zero-order valence-electron chi connectivity index (χ0n) is 10.2. The first-order valence-corrected chi connectivity index (χ1v) is 6.46. The largest absolute Gasteiger partial charge is 0.464 e. The molecule has 0 spiro atoms. The molecule has 0 radical (unpaired) electrons. The minimum absolute atomic E-state index is 0.0775. The first-order chi connectivity index (χ1) is 9.51. The molecular weight excluding hydrogens is 325 g/mol. The van der Waals surface area contributed by atoms with Crippen LogP contribution in [0.4, 0.5) is 11.5 Å². The van der Waals surface area contributed by atoms with Crippen LogP contribution in [0.3, 0.4) is 0 Å². The third kappa shape index (κ3) is 3.30. The number of benzene rings is 1. The van der Waals surface area contributed by atoms with Crippen molar-refractivity contribution in [3.63, 3.8) is 0 Å². The predicted octanol–water partition coefficient (Wildman–Crippen LogP) is 3.97. The van der Waals surface area contributed by atoms with Gasteiger partial charge in [-0.2, -0.15) is 0 Å². The maximum atomic E-state index is 11.4. The summed E-state index contributed by atoms with van der Waals surface area (Å²) in [5.41, 5.74) is 0.575. The molecule has 1 heterocycles. The van der Waals surface area contributed by atoms with Gasteiger partial charge in [-0.25, -0.2) is 9.78 Å². The van der Waals surface area contributed by atoms with Gasteiger partial charge in [0.25, 0.3) is 0 Å². The fourth-order valence-electron chi connectivity index (χ4n) is 1.39. The molecule has 2 rings (SSSR count). The van der Waals surface area contributed by atoms with Gasteiger partial charge in [-0.3, -0.25) is 4.98 Å². The third-order valence-corrected chi connectivity index (χ3v) is 3.34. The first-order valence-electron chi connectivity index (χ1n) is 5.33. The Hall–Kier alpha value is -1.56. The van der Waals surface area contributed by atoms with E-state index >= 15 is 0 Å². The number of carbonyl (C=O) groups excluding carboxylic acids is 1. The second kappa shape index (κ2) is 6.26. The summed E-state index contributed by atoms with van der Waals surface area (Å²) in [5.74, 6) is -0.255. The van der Waals surface area contributed by atoms with Crippen LogP contribution in [-0.4, -0.2) is 23.0 Å². The first kappa shape index (κ1) is 14.8. The lowest BCUT2D eigenvalue weighted by atomic mass is 10.3. The third-order valence-electron chi connectivity index (χ3n) is 2.30. The topological polar surface area (TPSA) is 64.1 Å². The number of methoxy groups -OCH3 is 1. The Kier molecular flexibility index (Phi) is 4.65. The number of carbonyl (C=O) groups is 1. The monoisotopic (exact) mass is 331 g/mol. The van der Waals surface area contributed by atoms with Gasteiger partial charge in [-0.05, 0) is 12.1 Å². The van der Waals surface area contributed by atoms with Crippen LogP contribution in [0.25, 0.3) is 0 Å². The SMILES string of the molecule is COC(=O)c1cncc(Nc2cc(Cl)c(Cl)cc2Cl)n1. The van der Waals surface area contributed by atoms with E-state index in [0.717, 1.165) is 0 Å². The Morgan fingerprint density at radius 2 is 1.85 bits per heavy atom. The summed E-state index contributed by atoms with van der Waals surface area (Å²) in [6.45, 7) is 0. The number of ether oxygens (including phenoxy) is 1. The van der Waals surface area contributed by atoms with E-state index in [1.54, 1.807) is 6.07 Å². The maximum absolute atomic E-state index is 11.4. The summed E-state index contributed by atoms with van der Waals surface area (Å²) < 4.78 is 4.57. The average Bonchev–Trinajstić information content (AvgIpc) is 2.44. The zero-order valence-corrected chi connectivity index (χ0v) is 12.4. The number of nitrogens with one attached hydrogen (secondary N) is 1. The highest BCUT2D eigenvalue weighted by atomic mass is 35.5. The average molecular weight is 333 g/mol. The standard InChI is InChI=1S/C12H8Cl3N3O2/c1-20-12(19)10-4-16-5-11(18-10)17-9-3-7(14)6(13)2-8(9)15/h2-5H,1H3,(H,17,18). The van der Waals surface area contributed by atoms with Crippen molar-refractivity contribution >= 4 is 52.3 Å². The lowest BCUT2D eigenvalue weighted by molar-refractivity contribution is 0.0593. The Labute approximate surface area is 129 Å². The fourth-order valence-corrected chi connectivity index (χ4v) is 1.98. The van der Waals surface area contributed by atoms with Gasteiger partial charge < -0.3 is 10.1 Å². The molecule has 1 aromatic carbocycles. The van der Waals surface area contributed by atoms with E-state index in [0.29, 0.717) is 26.6 Å². The lowest BCUT2D eigenvalue weighted by Crippen LogP contribution is -2.06. The number of hydrogen-bond acceptors (Lipinski definition) is 5. The molecule has 0 atom stereocenters. The number of anilines is 2. The van der Waals surface area contributed by atoms with Crippen LogP contribution < -0.4 is 5.32 Å². The Balaban J connectivity index is 2.31. The van der Waals surface area contributed by atoms with Crippen LogP contribution >= 0.6 is 34.8 Å². The summed E-state index contributed by atoms with van der Waals surface area (Å²) in [6, 6.07) is 3.06. The van der Waals surface area contributed by atoms with Crippen LogP contribution in [-0.2, 0) is 4.74 Å². The van der Waals surface area contributed by atoms with Crippen LogP contribution in [0.1, 0.15) is 10.5 Å². The van der Waals surface area contributed by atoms with Crippen molar-refractivity contribution < 1.29 is 9.53 Å². The van der Waals surface area contributed by atoms with E-state index in [9.17, 15) is 4.79 Å². The minimum Gasteiger partial charge on any atom is -0.464 e. The molecule has 0 aliphatic heterocycles. The summed E-state index contributed by atoms with van der Waals surface area (Å²) in [4.78, 5) is 19.3. The normalized spacial score (nSPS) is 10.2. The Morgan fingerprint density at radius 3 is 2.55 bits per heavy atom. The Bertz CT molecular complexity index is 664. The minimum atomic E-state index is -0.582. The molecule has 5 nitrogen and oxygen atoms in total. The molecule has 0 saturated heterocycles. The van der Waals surface area contributed by atoms with Gasteiger partial charge in [0.15, 0.2) is 5.69 Å². The maximum Gasteiger partial charge on any atom is 0.358 e. The van der Waals surface area contributed by atoms with Gasteiger partial charge in [0.2, 0.25) is 0 Å². The Morgan fingerprint density at radius 1 is 1.15 bits per heavy atom. The molecule has 0 bridgehead atoms. The van der Waals surface area contributed by atoms with Crippen molar-refractivity contribution in [2.75, 3.05) is 12.4 Å². The van der Waals surface area contributed by atoms with Crippen molar-refractivity contribution in [2.45, 2.75) is 0 Å². The summed E-state index contributed by atoms with van der Waals surface area (Å²) in [7, 11) is 1.26. The highest BCUT2D eigenvalue weighted by Gasteiger charge is 2.11. The molecule has 0 aliphatic rings. The number of aromatic nitrogens is 2. The number of nitrogens with zero attached hydrogens (tertiary/aromatic N) is 2. The molecule has 0 amide bonds. The number of esters is 1. The van der Waals surface area contributed by atoms with Gasteiger partial charge in [0.05, 0.1) is 40.3 Å². The summed E-state index contributed by atoms with van der Waals surface area (Å²) in [6.07, 6.45) is 2.73. The van der Waals surface area contributed by atoms with Gasteiger partial charge in [0, 0.05) is 0 Å². The molecule has 8 heteroatoms. The molecule has 2 aromatic rings. The highest BCUT2D eigenvalue weighted by molar-refractivity contribution is 6.44. The van der Waals surface area contributed by atoms with Crippen molar-refractivity contribution in [1.29, 1.82) is 0 Å². The molecule has 0 unspecified atom stereocenters. The van der Waals surface area contributed by atoms with E-state index in [-0.39, 0.29) is 5.69 Å². The number of halogens is 3. The molecule has 1 N–H and O–H groups in total. The van der Waals surface area contributed by atoms with Crippen molar-refractivity contribution in [3.05, 3.63) is 45.3 Å². The van der Waals surface area contributed by atoms with E-state index in [1.807, 2.05) is 0 Å². The summed E-state index contributed by atoms with van der Waals surface area (Å²) >= 11 is 17.8. The van der Waals surface area contributed by atoms with Gasteiger partial charge in [0.1, 0.15) is 5.82 Å².